The van der Waals surface area contributed by atoms with Gasteiger partial charge in [-0.15, -0.1) is 0 Å². The van der Waals surface area contributed by atoms with Crippen LogP contribution in [0.25, 0.3) is 0 Å². The van der Waals surface area contributed by atoms with Gasteiger partial charge in [-0.3, -0.25) is 4.79 Å². The van der Waals surface area contributed by atoms with Crippen LogP contribution in [0.15, 0.2) is 36.4 Å². The van der Waals surface area contributed by atoms with Crippen LogP contribution in [0.3, 0.4) is 0 Å². The summed E-state index contributed by atoms with van der Waals surface area (Å²) in [4.78, 5) is 24.6. The third-order valence-electron chi connectivity index (χ3n) is 4.71. The van der Waals surface area contributed by atoms with Crippen molar-refractivity contribution in [2.75, 3.05) is 20.8 Å². The number of nitrogens with one attached hydrogen (secondary N) is 1. The summed E-state index contributed by atoms with van der Waals surface area (Å²) in [5.74, 6) is -0.372. The van der Waals surface area contributed by atoms with E-state index in [4.69, 9.17) is 25.8 Å². The van der Waals surface area contributed by atoms with Crippen LogP contribution in [0.2, 0.25) is 5.02 Å². The highest BCUT2D eigenvalue weighted by Crippen LogP contribution is 2.36. The molecule has 0 bridgehead atoms. The van der Waals surface area contributed by atoms with Gasteiger partial charge in [0, 0.05) is 0 Å². The molecule has 0 heterocycles. The Morgan fingerprint density at radius 3 is 2.71 bits per heavy atom. The Morgan fingerprint density at radius 1 is 1.18 bits per heavy atom. The lowest BCUT2D eigenvalue weighted by Crippen LogP contribution is -2.34. The van der Waals surface area contributed by atoms with Crippen molar-refractivity contribution in [3.63, 3.8) is 0 Å². The van der Waals surface area contributed by atoms with E-state index in [2.05, 4.69) is 11.4 Å². The lowest BCUT2D eigenvalue weighted by atomic mass is 9.88. The Balaban J connectivity index is 1.61. The first-order chi connectivity index (χ1) is 13.5. The molecule has 148 valence electrons. The fourth-order valence-electron chi connectivity index (χ4n) is 3.39. The van der Waals surface area contributed by atoms with E-state index in [1.54, 1.807) is 0 Å². The molecule has 2 aromatic carbocycles. The number of benzene rings is 2. The molecule has 1 amide bonds. The summed E-state index contributed by atoms with van der Waals surface area (Å²) in [7, 11) is 2.90. The zero-order valence-corrected chi connectivity index (χ0v) is 16.5. The topological polar surface area (TPSA) is 73.9 Å². The SMILES string of the molecule is COc1cc(C(=O)OCC(=O)NC2CCCc3ccccc32)cc(Cl)c1OC. The van der Waals surface area contributed by atoms with Crippen LogP contribution in [-0.4, -0.2) is 32.7 Å². The zero-order valence-electron chi connectivity index (χ0n) is 15.8. The van der Waals surface area contributed by atoms with E-state index in [-0.39, 0.29) is 29.1 Å². The number of aryl methyl sites for hydroxylation is 1. The van der Waals surface area contributed by atoms with E-state index < -0.39 is 5.97 Å². The Bertz CT molecular complexity index is 883. The average molecular weight is 404 g/mol. The molecule has 0 aromatic heterocycles. The van der Waals surface area contributed by atoms with Crippen LogP contribution in [0.1, 0.15) is 40.4 Å². The van der Waals surface area contributed by atoms with Crippen molar-refractivity contribution in [1.29, 1.82) is 0 Å². The quantitative estimate of drug-likeness (QED) is 0.744. The van der Waals surface area contributed by atoms with E-state index in [9.17, 15) is 9.59 Å². The molecular formula is C21H22ClNO5. The second-order valence-corrected chi connectivity index (χ2v) is 6.89. The summed E-state index contributed by atoms with van der Waals surface area (Å²) in [6.45, 7) is -0.372. The Kier molecular flexibility index (Phi) is 6.41. The standard InChI is InChI=1S/C21H22ClNO5/c1-26-18-11-14(10-16(22)20(18)27-2)21(25)28-12-19(24)23-17-9-5-7-13-6-3-4-8-15(13)17/h3-4,6,8,10-11,17H,5,7,9,12H2,1-2H3,(H,23,24). The molecule has 7 heteroatoms. The van der Waals surface area contributed by atoms with Gasteiger partial charge in [0.25, 0.3) is 5.91 Å². The Morgan fingerprint density at radius 2 is 1.96 bits per heavy atom. The number of carbonyl (C=O) groups excluding carboxylic acids is 2. The first kappa shape index (κ1) is 20.0. The molecule has 1 N–H and O–H groups in total. The summed E-state index contributed by atoms with van der Waals surface area (Å²) in [5, 5.41) is 3.17. The number of hydrogen-bond acceptors (Lipinski definition) is 5. The van der Waals surface area contributed by atoms with E-state index in [0.29, 0.717) is 11.5 Å². The lowest BCUT2D eigenvalue weighted by molar-refractivity contribution is -0.125. The van der Waals surface area contributed by atoms with Gasteiger partial charge in [0.05, 0.1) is 30.8 Å². The van der Waals surface area contributed by atoms with Gasteiger partial charge in [0.15, 0.2) is 18.1 Å². The smallest absolute Gasteiger partial charge is 0.338 e. The number of methoxy groups -OCH3 is 2. The maximum Gasteiger partial charge on any atom is 0.338 e. The zero-order chi connectivity index (χ0) is 20.1. The molecule has 1 aliphatic carbocycles. The molecule has 1 unspecified atom stereocenters. The maximum absolute atomic E-state index is 12.3. The van der Waals surface area contributed by atoms with Crippen LogP contribution in [-0.2, 0) is 16.0 Å². The summed E-state index contributed by atoms with van der Waals surface area (Å²) in [5.41, 5.74) is 2.55. The minimum absolute atomic E-state index is 0.0633. The molecule has 0 fully saturated rings. The lowest BCUT2D eigenvalue weighted by Gasteiger charge is -2.26. The molecule has 2 aromatic rings. The van der Waals surface area contributed by atoms with E-state index in [1.165, 1.54) is 31.9 Å². The van der Waals surface area contributed by atoms with Gasteiger partial charge < -0.3 is 19.5 Å². The normalized spacial score (nSPS) is 15.3. The van der Waals surface area contributed by atoms with Crippen LogP contribution < -0.4 is 14.8 Å². The predicted octanol–water partition coefficient (Wildman–Crippen LogP) is 3.71. The molecule has 1 atom stereocenters. The van der Waals surface area contributed by atoms with Crippen LogP contribution in [0, 0.1) is 0 Å². The summed E-state index contributed by atoms with van der Waals surface area (Å²) >= 11 is 6.10. The maximum atomic E-state index is 12.3. The van der Waals surface area contributed by atoms with Crippen LogP contribution in [0.4, 0.5) is 0 Å². The third kappa shape index (κ3) is 4.39. The number of amides is 1. The molecule has 0 saturated carbocycles. The molecule has 28 heavy (non-hydrogen) atoms. The second-order valence-electron chi connectivity index (χ2n) is 6.48. The predicted molar refractivity (Wildman–Crippen MR) is 105 cm³/mol. The molecule has 6 nitrogen and oxygen atoms in total. The number of halogens is 1. The van der Waals surface area contributed by atoms with Crippen LogP contribution >= 0.6 is 11.6 Å². The monoisotopic (exact) mass is 403 g/mol. The Labute approximate surface area is 168 Å². The van der Waals surface area contributed by atoms with Crippen molar-refractivity contribution in [3.8, 4) is 11.5 Å². The highest BCUT2D eigenvalue weighted by atomic mass is 35.5. The minimum atomic E-state index is -0.665. The van der Waals surface area contributed by atoms with E-state index in [1.807, 2.05) is 18.2 Å². The fraction of sp³-hybridized carbons (Fsp3) is 0.333. The third-order valence-corrected chi connectivity index (χ3v) is 4.99. The summed E-state index contributed by atoms with van der Waals surface area (Å²) < 4.78 is 15.5. The highest BCUT2D eigenvalue weighted by Gasteiger charge is 2.22. The van der Waals surface area contributed by atoms with Crippen molar-refractivity contribution >= 4 is 23.5 Å². The van der Waals surface area contributed by atoms with Crippen LogP contribution in [0.5, 0.6) is 11.5 Å². The van der Waals surface area contributed by atoms with Gasteiger partial charge in [-0.05, 0) is 42.5 Å². The molecular weight excluding hydrogens is 382 g/mol. The molecule has 1 aliphatic rings. The van der Waals surface area contributed by atoms with Crippen molar-refractivity contribution in [1.82, 2.24) is 5.32 Å². The number of fused-ring (bicyclic) bond motifs is 1. The minimum Gasteiger partial charge on any atom is -0.493 e. The van der Waals surface area contributed by atoms with E-state index in [0.717, 1.165) is 24.8 Å². The fourth-order valence-corrected chi connectivity index (χ4v) is 3.68. The largest absolute Gasteiger partial charge is 0.493 e. The van der Waals surface area contributed by atoms with Crippen molar-refractivity contribution < 1.29 is 23.8 Å². The molecule has 0 saturated heterocycles. The summed E-state index contributed by atoms with van der Waals surface area (Å²) in [6.07, 6.45) is 2.88. The van der Waals surface area contributed by atoms with Gasteiger partial charge in [-0.1, -0.05) is 35.9 Å². The van der Waals surface area contributed by atoms with Gasteiger partial charge in [0.1, 0.15) is 0 Å². The van der Waals surface area contributed by atoms with Crippen molar-refractivity contribution in [3.05, 3.63) is 58.1 Å². The first-order valence-electron chi connectivity index (χ1n) is 8.99. The number of esters is 1. The second kappa shape index (κ2) is 8.97. The van der Waals surface area contributed by atoms with Gasteiger partial charge in [-0.25, -0.2) is 4.79 Å². The van der Waals surface area contributed by atoms with E-state index >= 15 is 0 Å². The number of hydrogen-bond donors (Lipinski definition) is 1. The Hall–Kier alpha value is -2.73. The molecule has 3 rings (SSSR count). The van der Waals surface area contributed by atoms with Gasteiger partial charge in [-0.2, -0.15) is 0 Å². The first-order valence-corrected chi connectivity index (χ1v) is 9.37. The molecule has 0 spiro atoms. The summed E-state index contributed by atoms with van der Waals surface area (Å²) in [6, 6.07) is 10.9. The average Bonchev–Trinajstić information content (AvgIpc) is 2.71. The van der Waals surface area contributed by atoms with Crippen molar-refractivity contribution in [2.45, 2.75) is 25.3 Å². The molecule has 0 aliphatic heterocycles. The number of rotatable bonds is 6. The van der Waals surface area contributed by atoms with Crippen molar-refractivity contribution in [2.24, 2.45) is 0 Å². The molecule has 0 radical (unpaired) electrons. The van der Waals surface area contributed by atoms with Gasteiger partial charge >= 0.3 is 5.97 Å². The number of carbonyl (C=O) groups is 2. The van der Waals surface area contributed by atoms with Gasteiger partial charge in [0.2, 0.25) is 0 Å². The highest BCUT2D eigenvalue weighted by molar-refractivity contribution is 6.32. The number of ether oxygens (including phenoxy) is 3.